The van der Waals surface area contributed by atoms with Crippen LogP contribution in [0.25, 0.3) is 0 Å². The molecule has 1 atom stereocenters. The number of hydrogen-bond acceptors (Lipinski definition) is 3. The Labute approximate surface area is 150 Å². The monoisotopic (exact) mass is 363 g/mol. The minimum Gasteiger partial charge on any atom is -0.494 e. The summed E-state index contributed by atoms with van der Waals surface area (Å²) in [4.78, 5) is 14.7. The molecule has 0 bridgehead atoms. The molecule has 0 saturated carbocycles. The maximum Gasteiger partial charge on any atom is 0.167 e. The minimum absolute atomic E-state index is 0.0959. The molecule has 3 rings (SSSR count). The van der Waals surface area contributed by atoms with Crippen molar-refractivity contribution >= 4 is 5.78 Å². The predicted octanol–water partition coefficient (Wildman–Crippen LogP) is 4.21. The Bertz CT molecular complexity index is 810. The highest BCUT2D eigenvalue weighted by atomic mass is 19.1. The highest BCUT2D eigenvalue weighted by molar-refractivity contribution is 5.98. The summed E-state index contributed by atoms with van der Waals surface area (Å²) in [5.41, 5.74) is 0.707. The average Bonchev–Trinajstić information content (AvgIpc) is 2.63. The zero-order chi connectivity index (χ0) is 18.7. The van der Waals surface area contributed by atoms with Gasteiger partial charge in [0.1, 0.15) is 11.6 Å². The predicted molar refractivity (Wildman–Crippen MR) is 91.6 cm³/mol. The number of benzene rings is 2. The summed E-state index contributed by atoms with van der Waals surface area (Å²) >= 11 is 0. The van der Waals surface area contributed by atoms with Crippen LogP contribution in [0.3, 0.4) is 0 Å². The Balaban J connectivity index is 1.69. The number of likely N-dealkylation sites (tertiary alicyclic amines) is 1. The van der Waals surface area contributed by atoms with Gasteiger partial charge in [0.05, 0.1) is 7.11 Å². The van der Waals surface area contributed by atoms with Crippen LogP contribution in [0.2, 0.25) is 0 Å². The van der Waals surface area contributed by atoms with Crippen LogP contribution in [0.4, 0.5) is 13.2 Å². The van der Waals surface area contributed by atoms with Crippen molar-refractivity contribution in [1.82, 2.24) is 4.90 Å². The molecule has 0 spiro atoms. The molecule has 0 radical (unpaired) electrons. The lowest BCUT2D eigenvalue weighted by Crippen LogP contribution is -2.38. The van der Waals surface area contributed by atoms with Crippen molar-refractivity contribution < 1.29 is 22.7 Å². The van der Waals surface area contributed by atoms with Gasteiger partial charge in [-0.15, -0.1) is 0 Å². The van der Waals surface area contributed by atoms with Crippen LogP contribution in [0, 0.1) is 23.4 Å². The van der Waals surface area contributed by atoms with Crippen molar-refractivity contribution in [2.45, 2.75) is 19.4 Å². The summed E-state index contributed by atoms with van der Waals surface area (Å²) in [6.07, 6.45) is 1.49. The van der Waals surface area contributed by atoms with Crippen LogP contribution < -0.4 is 4.74 Å². The quantitative estimate of drug-likeness (QED) is 0.746. The highest BCUT2D eigenvalue weighted by Crippen LogP contribution is 2.25. The third-order valence-electron chi connectivity index (χ3n) is 4.72. The molecule has 1 fully saturated rings. The molecule has 0 aliphatic carbocycles. The van der Waals surface area contributed by atoms with Gasteiger partial charge in [0.25, 0.3) is 0 Å². The van der Waals surface area contributed by atoms with Gasteiger partial charge in [-0.1, -0.05) is 6.07 Å². The number of ketones is 1. The second-order valence-corrected chi connectivity index (χ2v) is 6.52. The molecule has 0 amide bonds. The molecule has 1 aliphatic heterocycles. The van der Waals surface area contributed by atoms with Crippen LogP contribution in [0.5, 0.6) is 5.75 Å². The summed E-state index contributed by atoms with van der Waals surface area (Å²) < 4.78 is 45.6. The van der Waals surface area contributed by atoms with Gasteiger partial charge in [0.15, 0.2) is 17.3 Å². The summed E-state index contributed by atoms with van der Waals surface area (Å²) in [5, 5.41) is 0. The molecule has 3 nitrogen and oxygen atoms in total. The number of rotatable bonds is 5. The van der Waals surface area contributed by atoms with Crippen molar-refractivity contribution in [3.63, 3.8) is 0 Å². The summed E-state index contributed by atoms with van der Waals surface area (Å²) in [6, 6.07) is 7.71. The number of hydrogen-bond donors (Lipinski definition) is 0. The number of methoxy groups -OCH3 is 1. The lowest BCUT2D eigenvalue weighted by molar-refractivity contribution is 0.0810. The van der Waals surface area contributed by atoms with Crippen molar-refractivity contribution in [1.29, 1.82) is 0 Å². The second-order valence-electron chi connectivity index (χ2n) is 6.52. The lowest BCUT2D eigenvalue weighted by Gasteiger charge is -2.32. The molecule has 1 heterocycles. The number of ether oxygens (including phenoxy) is 1. The number of nitrogens with zero attached hydrogens (tertiary/aromatic N) is 1. The normalized spacial score (nSPS) is 17.9. The number of halogens is 3. The molecule has 138 valence electrons. The first-order valence-electron chi connectivity index (χ1n) is 8.52. The first-order valence-corrected chi connectivity index (χ1v) is 8.52. The van der Waals surface area contributed by atoms with Crippen molar-refractivity contribution in [2.75, 3.05) is 20.2 Å². The fraction of sp³-hybridized carbons (Fsp3) is 0.350. The van der Waals surface area contributed by atoms with Gasteiger partial charge in [0.2, 0.25) is 0 Å². The van der Waals surface area contributed by atoms with Gasteiger partial charge in [-0.05, 0) is 43.7 Å². The first kappa shape index (κ1) is 18.5. The first-order chi connectivity index (χ1) is 12.5. The highest BCUT2D eigenvalue weighted by Gasteiger charge is 2.27. The van der Waals surface area contributed by atoms with E-state index in [1.807, 2.05) is 4.90 Å². The maximum absolute atomic E-state index is 13.9. The fourth-order valence-corrected chi connectivity index (χ4v) is 3.36. The second kappa shape index (κ2) is 7.91. The molecular weight excluding hydrogens is 343 g/mol. The van der Waals surface area contributed by atoms with E-state index in [0.29, 0.717) is 30.6 Å². The molecule has 2 aromatic rings. The Hall–Kier alpha value is -2.34. The maximum atomic E-state index is 13.9. The lowest BCUT2D eigenvalue weighted by atomic mass is 9.89. The topological polar surface area (TPSA) is 29.5 Å². The van der Waals surface area contributed by atoms with Crippen LogP contribution in [0.15, 0.2) is 36.4 Å². The van der Waals surface area contributed by atoms with Gasteiger partial charge in [-0.2, -0.15) is 0 Å². The summed E-state index contributed by atoms with van der Waals surface area (Å²) in [6.45, 7) is 1.51. The number of Topliss-reactive ketones (excluding diaryl/α,β-unsaturated/α-hetero) is 1. The van der Waals surface area contributed by atoms with E-state index < -0.39 is 17.5 Å². The van der Waals surface area contributed by atoms with Gasteiger partial charge < -0.3 is 4.74 Å². The fourth-order valence-electron chi connectivity index (χ4n) is 3.36. The molecule has 0 N–H and O–H groups in total. The Morgan fingerprint density at radius 1 is 1.15 bits per heavy atom. The molecule has 0 aromatic heterocycles. The van der Waals surface area contributed by atoms with Crippen LogP contribution in [-0.2, 0) is 6.54 Å². The van der Waals surface area contributed by atoms with Crippen molar-refractivity contribution in [3.05, 3.63) is 65.0 Å². The molecule has 6 heteroatoms. The number of carbonyl (C=O) groups excluding carboxylic acids is 1. The van der Waals surface area contributed by atoms with Gasteiger partial charge in [-0.25, -0.2) is 13.2 Å². The molecule has 1 saturated heterocycles. The van der Waals surface area contributed by atoms with E-state index >= 15 is 0 Å². The molecule has 0 unspecified atom stereocenters. The van der Waals surface area contributed by atoms with Gasteiger partial charge in [0, 0.05) is 36.2 Å². The van der Waals surface area contributed by atoms with E-state index in [9.17, 15) is 18.0 Å². The smallest absolute Gasteiger partial charge is 0.167 e. The van der Waals surface area contributed by atoms with E-state index in [-0.39, 0.29) is 17.5 Å². The van der Waals surface area contributed by atoms with Crippen LogP contribution in [-0.4, -0.2) is 30.9 Å². The molecular formula is C20H20F3NO2. The van der Waals surface area contributed by atoms with Gasteiger partial charge >= 0.3 is 0 Å². The average molecular weight is 363 g/mol. The minimum atomic E-state index is -0.612. The molecule has 1 aliphatic rings. The largest absolute Gasteiger partial charge is 0.494 e. The van der Waals surface area contributed by atoms with E-state index in [0.717, 1.165) is 19.0 Å². The standard InChI is InChI=1S/C20H20F3NO2/c1-26-19-7-5-13(9-18(19)23)20(25)15-3-2-8-24(12-15)11-14-4-6-16(21)10-17(14)22/h4-7,9-10,15H,2-3,8,11-12H2,1H3/t15-/m1/s1. The number of piperidine rings is 1. The molecule has 26 heavy (non-hydrogen) atoms. The molecule has 2 aromatic carbocycles. The third kappa shape index (κ3) is 4.07. The Morgan fingerprint density at radius 2 is 1.96 bits per heavy atom. The van der Waals surface area contributed by atoms with Crippen molar-refractivity contribution in [2.24, 2.45) is 5.92 Å². The van der Waals surface area contributed by atoms with E-state index in [4.69, 9.17) is 4.74 Å². The Morgan fingerprint density at radius 3 is 2.65 bits per heavy atom. The van der Waals surface area contributed by atoms with Crippen molar-refractivity contribution in [3.8, 4) is 5.75 Å². The Kier molecular flexibility index (Phi) is 5.61. The zero-order valence-corrected chi connectivity index (χ0v) is 14.5. The zero-order valence-electron chi connectivity index (χ0n) is 14.5. The summed E-state index contributed by atoms with van der Waals surface area (Å²) in [5.74, 6) is -2.08. The van der Waals surface area contributed by atoms with Crippen LogP contribution in [0.1, 0.15) is 28.8 Å². The van der Waals surface area contributed by atoms with E-state index in [1.165, 1.54) is 31.4 Å². The third-order valence-corrected chi connectivity index (χ3v) is 4.72. The SMILES string of the molecule is COc1ccc(C(=O)[C@@H]2CCCN(Cc3ccc(F)cc3F)C2)cc1F. The van der Waals surface area contributed by atoms with Crippen LogP contribution >= 0.6 is 0 Å². The van der Waals surface area contributed by atoms with E-state index in [1.54, 1.807) is 6.07 Å². The van der Waals surface area contributed by atoms with E-state index in [2.05, 4.69) is 0 Å². The van der Waals surface area contributed by atoms with Gasteiger partial charge in [-0.3, -0.25) is 9.69 Å². The number of carbonyl (C=O) groups is 1. The summed E-state index contributed by atoms with van der Waals surface area (Å²) in [7, 11) is 1.37.